The highest BCUT2D eigenvalue weighted by Crippen LogP contribution is 2.19. The van der Waals surface area contributed by atoms with Crippen LogP contribution in [0.3, 0.4) is 0 Å². The lowest BCUT2D eigenvalue weighted by Gasteiger charge is -2.08. The number of nitrogens with one attached hydrogen (secondary N) is 1. The predicted molar refractivity (Wildman–Crippen MR) is 76.5 cm³/mol. The van der Waals surface area contributed by atoms with E-state index >= 15 is 0 Å². The highest BCUT2D eigenvalue weighted by Gasteiger charge is 2.27. The van der Waals surface area contributed by atoms with Gasteiger partial charge in [-0.25, -0.2) is 0 Å². The average Bonchev–Trinajstić information content (AvgIpc) is 2.44. The SMILES string of the molecule is Cc1ccc(SCCC(=O)OCC(=O)NCC(F)(F)F)cc1. The van der Waals surface area contributed by atoms with E-state index in [1.54, 1.807) is 5.32 Å². The molecular weight excluding hydrogens is 319 g/mol. The minimum absolute atomic E-state index is 0.0745. The van der Waals surface area contributed by atoms with Crippen LogP contribution in [0.5, 0.6) is 0 Å². The summed E-state index contributed by atoms with van der Waals surface area (Å²) in [7, 11) is 0. The number of rotatable bonds is 7. The van der Waals surface area contributed by atoms with Crippen LogP contribution in [0.1, 0.15) is 12.0 Å². The maximum atomic E-state index is 11.8. The molecule has 122 valence electrons. The molecule has 1 amide bonds. The van der Waals surface area contributed by atoms with Crippen LogP contribution in [0.4, 0.5) is 13.2 Å². The minimum atomic E-state index is -4.48. The quantitative estimate of drug-likeness (QED) is 0.615. The Bertz CT molecular complexity index is 503. The number of carbonyl (C=O) groups is 2. The second-order valence-corrected chi connectivity index (χ2v) is 5.63. The standard InChI is InChI=1S/C14H16F3NO3S/c1-10-2-4-11(5-3-10)22-7-6-13(20)21-8-12(19)18-9-14(15,16)17/h2-5H,6-9H2,1H3,(H,18,19). The molecule has 0 aliphatic carbocycles. The monoisotopic (exact) mass is 335 g/mol. The summed E-state index contributed by atoms with van der Waals surface area (Å²) in [4.78, 5) is 23.4. The number of esters is 1. The topological polar surface area (TPSA) is 55.4 Å². The molecule has 0 atom stereocenters. The molecule has 0 spiro atoms. The van der Waals surface area contributed by atoms with Crippen molar-refractivity contribution in [3.8, 4) is 0 Å². The summed E-state index contributed by atoms with van der Waals surface area (Å²) < 4.78 is 40.1. The van der Waals surface area contributed by atoms with Gasteiger partial charge in [0, 0.05) is 10.6 Å². The Kier molecular flexibility index (Phi) is 7.23. The first-order valence-corrected chi connectivity index (χ1v) is 7.43. The summed E-state index contributed by atoms with van der Waals surface area (Å²) >= 11 is 1.46. The molecule has 0 radical (unpaired) electrons. The first-order chi connectivity index (χ1) is 10.3. The van der Waals surface area contributed by atoms with Crippen molar-refractivity contribution in [3.63, 3.8) is 0 Å². The van der Waals surface area contributed by atoms with E-state index in [0.29, 0.717) is 5.75 Å². The molecular formula is C14H16F3NO3S. The summed E-state index contributed by atoms with van der Waals surface area (Å²) in [5, 5.41) is 1.62. The van der Waals surface area contributed by atoms with Gasteiger partial charge in [0.05, 0.1) is 6.42 Å². The molecule has 1 rings (SSSR count). The zero-order chi connectivity index (χ0) is 16.6. The van der Waals surface area contributed by atoms with E-state index in [0.717, 1.165) is 10.5 Å². The van der Waals surface area contributed by atoms with Crippen molar-refractivity contribution in [3.05, 3.63) is 29.8 Å². The van der Waals surface area contributed by atoms with E-state index < -0.39 is 31.2 Å². The molecule has 0 heterocycles. The van der Waals surface area contributed by atoms with E-state index in [9.17, 15) is 22.8 Å². The molecule has 4 nitrogen and oxygen atoms in total. The van der Waals surface area contributed by atoms with Gasteiger partial charge in [0.25, 0.3) is 5.91 Å². The Hall–Kier alpha value is -1.70. The number of alkyl halides is 3. The number of carbonyl (C=O) groups excluding carboxylic acids is 2. The van der Waals surface area contributed by atoms with Crippen molar-refractivity contribution in [1.29, 1.82) is 0 Å². The molecule has 1 aromatic rings. The van der Waals surface area contributed by atoms with Gasteiger partial charge >= 0.3 is 12.1 Å². The van der Waals surface area contributed by atoms with Gasteiger partial charge in [-0.3, -0.25) is 9.59 Å². The van der Waals surface area contributed by atoms with E-state index in [1.165, 1.54) is 11.8 Å². The lowest BCUT2D eigenvalue weighted by atomic mass is 10.2. The molecule has 0 fully saturated rings. The second-order valence-electron chi connectivity index (χ2n) is 4.46. The lowest BCUT2D eigenvalue weighted by molar-refractivity contribution is -0.151. The number of ether oxygens (including phenoxy) is 1. The predicted octanol–water partition coefficient (Wildman–Crippen LogP) is 2.70. The molecule has 0 saturated heterocycles. The number of benzene rings is 1. The molecule has 1 aromatic carbocycles. The number of hydrogen-bond acceptors (Lipinski definition) is 4. The van der Waals surface area contributed by atoms with E-state index in [1.807, 2.05) is 31.2 Å². The smallest absolute Gasteiger partial charge is 0.405 e. The third kappa shape index (κ3) is 8.56. The maximum Gasteiger partial charge on any atom is 0.405 e. The van der Waals surface area contributed by atoms with Gasteiger partial charge in [0.15, 0.2) is 6.61 Å². The van der Waals surface area contributed by atoms with E-state index in [2.05, 4.69) is 4.74 Å². The molecule has 0 bridgehead atoms. The fourth-order valence-electron chi connectivity index (χ4n) is 1.35. The summed E-state index contributed by atoms with van der Waals surface area (Å²) in [5.41, 5.74) is 1.13. The van der Waals surface area contributed by atoms with Gasteiger partial charge in [-0.1, -0.05) is 17.7 Å². The Morgan fingerprint density at radius 1 is 1.23 bits per heavy atom. The Balaban J connectivity index is 2.15. The maximum absolute atomic E-state index is 11.8. The van der Waals surface area contributed by atoms with Crippen molar-refractivity contribution in [2.24, 2.45) is 0 Å². The van der Waals surface area contributed by atoms with Gasteiger partial charge in [0.1, 0.15) is 6.54 Å². The van der Waals surface area contributed by atoms with Crippen molar-refractivity contribution < 1.29 is 27.5 Å². The van der Waals surface area contributed by atoms with Crippen LogP contribution >= 0.6 is 11.8 Å². The second kappa shape index (κ2) is 8.67. The molecule has 8 heteroatoms. The molecule has 0 aromatic heterocycles. The van der Waals surface area contributed by atoms with E-state index in [4.69, 9.17) is 0 Å². The van der Waals surface area contributed by atoms with Crippen LogP contribution in [0, 0.1) is 6.92 Å². The number of thioether (sulfide) groups is 1. The van der Waals surface area contributed by atoms with E-state index in [-0.39, 0.29) is 6.42 Å². The van der Waals surface area contributed by atoms with Gasteiger partial charge in [-0.15, -0.1) is 11.8 Å². The third-order valence-corrected chi connectivity index (χ3v) is 3.46. The summed E-state index contributed by atoms with van der Waals surface area (Å²) in [6.45, 7) is -0.174. The van der Waals surface area contributed by atoms with Crippen molar-refractivity contribution >= 4 is 23.6 Å². The zero-order valence-electron chi connectivity index (χ0n) is 11.9. The van der Waals surface area contributed by atoms with Gasteiger partial charge < -0.3 is 10.1 Å². The highest BCUT2D eigenvalue weighted by atomic mass is 32.2. The molecule has 0 aliphatic heterocycles. The fraction of sp³-hybridized carbons (Fsp3) is 0.429. The fourth-order valence-corrected chi connectivity index (χ4v) is 2.19. The highest BCUT2D eigenvalue weighted by molar-refractivity contribution is 7.99. The molecule has 0 unspecified atom stereocenters. The van der Waals surface area contributed by atoms with Gasteiger partial charge in [-0.2, -0.15) is 13.2 Å². The number of halogens is 3. The Morgan fingerprint density at radius 2 is 1.86 bits per heavy atom. The summed E-state index contributed by atoms with van der Waals surface area (Å²) in [6, 6.07) is 7.75. The minimum Gasteiger partial charge on any atom is -0.456 e. The van der Waals surface area contributed by atoms with Crippen molar-refractivity contribution in [1.82, 2.24) is 5.32 Å². The van der Waals surface area contributed by atoms with Crippen LogP contribution < -0.4 is 5.32 Å². The normalized spacial score (nSPS) is 11.1. The number of amides is 1. The lowest BCUT2D eigenvalue weighted by Crippen LogP contribution is -2.36. The number of hydrogen-bond donors (Lipinski definition) is 1. The van der Waals surface area contributed by atoms with Crippen LogP contribution in [0.15, 0.2) is 29.2 Å². The van der Waals surface area contributed by atoms with Gasteiger partial charge in [0.2, 0.25) is 0 Å². The first kappa shape index (κ1) is 18.3. The largest absolute Gasteiger partial charge is 0.456 e. The summed E-state index contributed by atoms with van der Waals surface area (Å²) in [6.07, 6.45) is -4.41. The molecule has 1 N–H and O–H groups in total. The van der Waals surface area contributed by atoms with Crippen LogP contribution in [-0.2, 0) is 14.3 Å². The molecule has 0 saturated carbocycles. The van der Waals surface area contributed by atoms with Gasteiger partial charge in [-0.05, 0) is 19.1 Å². The average molecular weight is 335 g/mol. The zero-order valence-corrected chi connectivity index (χ0v) is 12.7. The Labute approximate surface area is 130 Å². The molecule has 0 aliphatic rings. The summed E-state index contributed by atoms with van der Waals surface area (Å²) in [5.74, 6) is -1.13. The third-order valence-electron chi connectivity index (χ3n) is 2.45. The molecule has 22 heavy (non-hydrogen) atoms. The van der Waals surface area contributed by atoms with Crippen LogP contribution in [0.2, 0.25) is 0 Å². The first-order valence-electron chi connectivity index (χ1n) is 6.45. The Morgan fingerprint density at radius 3 is 2.45 bits per heavy atom. The number of aryl methyl sites for hydroxylation is 1. The van der Waals surface area contributed by atoms with Crippen LogP contribution in [-0.4, -0.2) is 37.0 Å². The van der Waals surface area contributed by atoms with Crippen molar-refractivity contribution in [2.75, 3.05) is 18.9 Å². The van der Waals surface area contributed by atoms with Crippen molar-refractivity contribution in [2.45, 2.75) is 24.4 Å². The van der Waals surface area contributed by atoms with Crippen LogP contribution in [0.25, 0.3) is 0 Å².